The molecule has 0 aromatic rings. The number of imide groups is 1. The molecule has 96 valence electrons. The highest BCUT2D eigenvalue weighted by Crippen LogP contribution is 2.26. The van der Waals surface area contributed by atoms with E-state index in [4.69, 9.17) is 0 Å². The lowest BCUT2D eigenvalue weighted by molar-refractivity contribution is -0.140. The topological polar surface area (TPSA) is 49.4 Å². The highest BCUT2D eigenvalue weighted by molar-refractivity contribution is 6.04. The quantitative estimate of drug-likeness (QED) is 0.747. The van der Waals surface area contributed by atoms with E-state index in [9.17, 15) is 9.59 Å². The molecule has 2 heterocycles. The minimum atomic E-state index is -0.129. The van der Waals surface area contributed by atoms with Gasteiger partial charge >= 0.3 is 0 Å². The summed E-state index contributed by atoms with van der Waals surface area (Å²) in [5.74, 6) is 0.460. The Morgan fingerprint density at radius 3 is 2.18 bits per heavy atom. The molecule has 4 nitrogen and oxygen atoms in total. The van der Waals surface area contributed by atoms with E-state index in [0.717, 1.165) is 19.5 Å². The first-order valence-electron chi connectivity index (χ1n) is 6.67. The minimum Gasteiger partial charge on any atom is -0.317 e. The Morgan fingerprint density at radius 1 is 1.12 bits per heavy atom. The number of hydrogen-bond acceptors (Lipinski definition) is 3. The van der Waals surface area contributed by atoms with E-state index in [1.165, 1.54) is 17.7 Å². The lowest BCUT2D eigenvalue weighted by Gasteiger charge is -2.24. The smallest absolute Gasteiger partial charge is 0.232 e. The van der Waals surface area contributed by atoms with Gasteiger partial charge in [-0.3, -0.25) is 14.5 Å². The molecule has 2 rings (SSSR count). The van der Waals surface area contributed by atoms with Gasteiger partial charge in [0.15, 0.2) is 0 Å². The number of rotatable bonds is 3. The molecular formula is C13H22N2O2. The van der Waals surface area contributed by atoms with Crippen molar-refractivity contribution < 1.29 is 9.59 Å². The number of nitrogens with zero attached hydrogens (tertiary/aromatic N) is 1. The molecule has 2 fully saturated rings. The Balaban J connectivity index is 1.86. The number of hydrogen-bond donors (Lipinski definition) is 1. The van der Waals surface area contributed by atoms with Gasteiger partial charge in [-0.2, -0.15) is 0 Å². The lowest BCUT2D eigenvalue weighted by atomic mass is 9.94. The summed E-state index contributed by atoms with van der Waals surface area (Å²) in [6.07, 6.45) is 3.31. The molecule has 0 aromatic heterocycles. The fourth-order valence-electron chi connectivity index (χ4n) is 2.73. The van der Waals surface area contributed by atoms with E-state index in [-0.39, 0.29) is 23.7 Å². The van der Waals surface area contributed by atoms with E-state index in [2.05, 4.69) is 5.32 Å². The molecule has 2 amide bonds. The van der Waals surface area contributed by atoms with Gasteiger partial charge in [-0.25, -0.2) is 0 Å². The number of piperidine rings is 1. The molecule has 2 atom stereocenters. The minimum absolute atomic E-state index is 0.0245. The third kappa shape index (κ3) is 2.51. The molecule has 17 heavy (non-hydrogen) atoms. The summed E-state index contributed by atoms with van der Waals surface area (Å²) in [4.78, 5) is 25.3. The van der Waals surface area contributed by atoms with Crippen LogP contribution in [-0.2, 0) is 9.59 Å². The van der Waals surface area contributed by atoms with Crippen LogP contribution >= 0.6 is 0 Å². The lowest BCUT2D eigenvalue weighted by Crippen LogP contribution is -2.35. The molecule has 2 saturated heterocycles. The van der Waals surface area contributed by atoms with Crippen molar-refractivity contribution in [2.24, 2.45) is 17.8 Å². The van der Waals surface area contributed by atoms with Crippen LogP contribution in [0.2, 0.25) is 0 Å². The molecule has 4 heteroatoms. The Hall–Kier alpha value is -0.900. The largest absolute Gasteiger partial charge is 0.317 e. The van der Waals surface area contributed by atoms with Crippen molar-refractivity contribution >= 4 is 11.8 Å². The van der Waals surface area contributed by atoms with Crippen molar-refractivity contribution in [2.45, 2.75) is 33.1 Å². The normalized spacial score (nSPS) is 31.3. The monoisotopic (exact) mass is 238 g/mol. The fraction of sp³-hybridized carbons (Fsp3) is 0.846. The first kappa shape index (κ1) is 12.6. The van der Waals surface area contributed by atoms with Gasteiger partial charge in [-0.15, -0.1) is 0 Å². The van der Waals surface area contributed by atoms with Gasteiger partial charge in [0.05, 0.1) is 0 Å². The molecule has 1 N–H and O–H groups in total. The second-order valence-electron chi connectivity index (χ2n) is 5.39. The molecule has 0 saturated carbocycles. The summed E-state index contributed by atoms with van der Waals surface area (Å²) < 4.78 is 0. The van der Waals surface area contributed by atoms with Gasteiger partial charge in [0.2, 0.25) is 11.8 Å². The van der Waals surface area contributed by atoms with Crippen molar-refractivity contribution in [1.29, 1.82) is 0 Å². The van der Waals surface area contributed by atoms with Gasteiger partial charge < -0.3 is 5.32 Å². The van der Waals surface area contributed by atoms with Crippen molar-refractivity contribution in [3.05, 3.63) is 0 Å². The van der Waals surface area contributed by atoms with Crippen molar-refractivity contribution in [3.63, 3.8) is 0 Å². The zero-order valence-corrected chi connectivity index (χ0v) is 10.7. The molecule has 2 aliphatic rings. The van der Waals surface area contributed by atoms with E-state index in [1.807, 2.05) is 13.8 Å². The summed E-state index contributed by atoms with van der Waals surface area (Å²) in [5.41, 5.74) is 0. The third-order valence-electron chi connectivity index (χ3n) is 4.28. The maximum absolute atomic E-state index is 11.9. The summed E-state index contributed by atoms with van der Waals surface area (Å²) in [6, 6.07) is 0. The third-order valence-corrected chi connectivity index (χ3v) is 4.28. The Bertz CT molecular complexity index is 291. The zero-order valence-electron chi connectivity index (χ0n) is 10.7. The predicted molar refractivity (Wildman–Crippen MR) is 65.3 cm³/mol. The summed E-state index contributed by atoms with van der Waals surface area (Å²) in [7, 11) is 0. The Morgan fingerprint density at radius 2 is 1.65 bits per heavy atom. The average Bonchev–Trinajstić information content (AvgIpc) is 2.54. The number of carbonyl (C=O) groups is 2. The van der Waals surface area contributed by atoms with Crippen LogP contribution in [-0.4, -0.2) is 36.3 Å². The van der Waals surface area contributed by atoms with Crippen LogP contribution < -0.4 is 5.32 Å². The first-order valence-corrected chi connectivity index (χ1v) is 6.67. The van der Waals surface area contributed by atoms with Crippen LogP contribution in [0.25, 0.3) is 0 Å². The summed E-state index contributed by atoms with van der Waals surface area (Å²) in [5, 5.41) is 3.33. The van der Waals surface area contributed by atoms with Crippen LogP contribution in [0.3, 0.4) is 0 Å². The van der Waals surface area contributed by atoms with Crippen molar-refractivity contribution in [2.75, 3.05) is 19.6 Å². The number of carbonyl (C=O) groups excluding carboxylic acids is 2. The first-order chi connectivity index (χ1) is 8.11. The van der Waals surface area contributed by atoms with Crippen LogP contribution in [0.15, 0.2) is 0 Å². The highest BCUT2D eigenvalue weighted by Gasteiger charge is 2.41. The molecule has 0 spiro atoms. The Kier molecular flexibility index (Phi) is 3.82. The van der Waals surface area contributed by atoms with Crippen molar-refractivity contribution in [1.82, 2.24) is 10.2 Å². The SMILES string of the molecule is CC1C(=O)N(CCC2CCNCC2)C(=O)C1C. The molecule has 0 aromatic carbocycles. The molecule has 0 radical (unpaired) electrons. The average molecular weight is 238 g/mol. The number of nitrogens with one attached hydrogen (secondary N) is 1. The number of amides is 2. The molecule has 2 aliphatic heterocycles. The van der Waals surface area contributed by atoms with Crippen LogP contribution in [0.1, 0.15) is 33.1 Å². The molecule has 0 bridgehead atoms. The van der Waals surface area contributed by atoms with E-state index >= 15 is 0 Å². The zero-order chi connectivity index (χ0) is 12.4. The Labute approximate surface area is 103 Å². The molecule has 2 unspecified atom stereocenters. The molecule has 0 aliphatic carbocycles. The second kappa shape index (κ2) is 5.17. The fourth-order valence-corrected chi connectivity index (χ4v) is 2.73. The second-order valence-corrected chi connectivity index (χ2v) is 5.39. The summed E-state index contributed by atoms with van der Waals surface area (Å²) in [6.45, 7) is 6.47. The van der Waals surface area contributed by atoms with E-state index < -0.39 is 0 Å². The van der Waals surface area contributed by atoms with Crippen LogP contribution in [0.5, 0.6) is 0 Å². The van der Waals surface area contributed by atoms with Crippen LogP contribution in [0.4, 0.5) is 0 Å². The predicted octanol–water partition coefficient (Wildman–Crippen LogP) is 1.02. The molecular weight excluding hydrogens is 216 g/mol. The van der Waals surface area contributed by atoms with Gasteiger partial charge in [-0.05, 0) is 38.3 Å². The summed E-state index contributed by atoms with van der Waals surface area (Å²) >= 11 is 0. The van der Waals surface area contributed by atoms with E-state index in [1.54, 1.807) is 0 Å². The maximum Gasteiger partial charge on any atom is 0.232 e. The van der Waals surface area contributed by atoms with Gasteiger partial charge in [-0.1, -0.05) is 13.8 Å². The van der Waals surface area contributed by atoms with Crippen LogP contribution in [0, 0.1) is 17.8 Å². The number of likely N-dealkylation sites (tertiary alicyclic amines) is 1. The van der Waals surface area contributed by atoms with Gasteiger partial charge in [0.1, 0.15) is 0 Å². The van der Waals surface area contributed by atoms with Gasteiger partial charge in [0, 0.05) is 18.4 Å². The standard InChI is InChI=1S/C13H22N2O2/c1-9-10(2)13(17)15(12(9)16)8-5-11-3-6-14-7-4-11/h9-11,14H,3-8H2,1-2H3. The van der Waals surface area contributed by atoms with E-state index in [0.29, 0.717) is 12.5 Å². The van der Waals surface area contributed by atoms with Crippen molar-refractivity contribution in [3.8, 4) is 0 Å². The van der Waals surface area contributed by atoms with Gasteiger partial charge in [0.25, 0.3) is 0 Å². The highest BCUT2D eigenvalue weighted by atomic mass is 16.2. The maximum atomic E-state index is 11.9.